The zero-order valence-corrected chi connectivity index (χ0v) is 14.2. The van der Waals surface area contributed by atoms with Gasteiger partial charge in [-0.15, -0.1) is 0 Å². The number of aliphatic imine (C=N–C) groups is 1. The number of amidine groups is 1. The van der Waals surface area contributed by atoms with E-state index in [1.807, 2.05) is 42.5 Å². The number of nitrogens with two attached hydrogens (primary N) is 1. The minimum atomic E-state index is 0.141. The van der Waals surface area contributed by atoms with Crippen LogP contribution in [0, 0.1) is 0 Å². The van der Waals surface area contributed by atoms with Gasteiger partial charge in [-0.25, -0.2) is 4.99 Å². The summed E-state index contributed by atoms with van der Waals surface area (Å²) in [6, 6.07) is 16.0. The minimum Gasteiger partial charge on any atom is -0.497 e. The fourth-order valence-corrected chi connectivity index (χ4v) is 2.12. The van der Waals surface area contributed by atoms with Crippen LogP contribution in [0.4, 0.5) is 5.69 Å². The molecule has 0 saturated heterocycles. The van der Waals surface area contributed by atoms with Crippen molar-refractivity contribution in [3.05, 3.63) is 65.7 Å². The zero-order valence-electron chi connectivity index (χ0n) is 14.2. The van der Waals surface area contributed by atoms with E-state index in [-0.39, 0.29) is 5.41 Å². The molecule has 0 atom stereocenters. The van der Waals surface area contributed by atoms with Crippen molar-refractivity contribution < 1.29 is 4.74 Å². The van der Waals surface area contributed by atoms with Gasteiger partial charge in [-0.3, -0.25) is 0 Å². The van der Waals surface area contributed by atoms with Gasteiger partial charge in [-0.05, 0) is 46.9 Å². The Morgan fingerprint density at radius 3 is 2.13 bits per heavy atom. The van der Waals surface area contributed by atoms with Gasteiger partial charge in [0.25, 0.3) is 0 Å². The number of methoxy groups -OCH3 is 1. The molecule has 0 aromatic heterocycles. The summed E-state index contributed by atoms with van der Waals surface area (Å²) in [7, 11) is 1.65. The van der Waals surface area contributed by atoms with Gasteiger partial charge in [0.15, 0.2) is 0 Å². The second-order valence-electron chi connectivity index (χ2n) is 6.44. The summed E-state index contributed by atoms with van der Waals surface area (Å²) < 4.78 is 5.13. The van der Waals surface area contributed by atoms with Crippen LogP contribution in [0.2, 0.25) is 0 Å². The first kappa shape index (κ1) is 16.8. The highest BCUT2D eigenvalue weighted by molar-refractivity contribution is 5.96. The molecule has 2 rings (SSSR count). The summed E-state index contributed by atoms with van der Waals surface area (Å²) in [4.78, 5) is 4.41. The van der Waals surface area contributed by atoms with Crippen LogP contribution >= 0.6 is 0 Å². The van der Waals surface area contributed by atoms with Crippen LogP contribution in [-0.2, 0) is 5.41 Å². The Balaban J connectivity index is 2.08. The molecule has 0 saturated carbocycles. The molecular formula is C20H24N2O. The van der Waals surface area contributed by atoms with Gasteiger partial charge in [0.2, 0.25) is 0 Å². The van der Waals surface area contributed by atoms with Crippen molar-refractivity contribution >= 4 is 17.6 Å². The van der Waals surface area contributed by atoms with Gasteiger partial charge in [0.05, 0.1) is 12.8 Å². The van der Waals surface area contributed by atoms with Crippen LogP contribution in [0.15, 0.2) is 59.6 Å². The quantitative estimate of drug-likeness (QED) is 0.657. The van der Waals surface area contributed by atoms with Crippen LogP contribution in [0.5, 0.6) is 5.75 Å². The highest BCUT2D eigenvalue weighted by Gasteiger charge is 2.12. The van der Waals surface area contributed by atoms with E-state index in [0.717, 1.165) is 17.0 Å². The largest absolute Gasteiger partial charge is 0.497 e. The van der Waals surface area contributed by atoms with Crippen molar-refractivity contribution in [2.75, 3.05) is 7.11 Å². The fraction of sp³-hybridized carbons (Fsp3) is 0.250. The maximum absolute atomic E-state index is 5.97. The molecule has 0 spiro atoms. The number of benzene rings is 2. The Morgan fingerprint density at radius 2 is 1.61 bits per heavy atom. The van der Waals surface area contributed by atoms with E-state index in [1.165, 1.54) is 5.56 Å². The molecule has 2 N–H and O–H groups in total. The van der Waals surface area contributed by atoms with Crippen molar-refractivity contribution in [3.63, 3.8) is 0 Å². The van der Waals surface area contributed by atoms with E-state index < -0.39 is 0 Å². The Morgan fingerprint density at radius 1 is 1.00 bits per heavy atom. The summed E-state index contributed by atoms with van der Waals surface area (Å²) in [5.41, 5.74) is 9.30. The molecule has 0 aliphatic rings. The van der Waals surface area contributed by atoms with Crippen LogP contribution in [0.1, 0.15) is 31.9 Å². The van der Waals surface area contributed by atoms with E-state index in [9.17, 15) is 0 Å². The molecule has 2 aromatic rings. The molecule has 23 heavy (non-hydrogen) atoms. The number of ether oxygens (including phenoxy) is 1. The average Bonchev–Trinajstić information content (AvgIpc) is 2.53. The molecule has 2 aromatic carbocycles. The first-order valence-corrected chi connectivity index (χ1v) is 7.65. The van der Waals surface area contributed by atoms with Crippen LogP contribution in [0.3, 0.4) is 0 Å². The van der Waals surface area contributed by atoms with Gasteiger partial charge in [0.1, 0.15) is 11.6 Å². The number of hydrogen-bond acceptors (Lipinski definition) is 2. The normalized spacial score (nSPS) is 12.6. The molecule has 0 fully saturated rings. The van der Waals surface area contributed by atoms with Crippen LogP contribution in [0.25, 0.3) is 6.08 Å². The van der Waals surface area contributed by atoms with Gasteiger partial charge in [0, 0.05) is 0 Å². The van der Waals surface area contributed by atoms with E-state index in [4.69, 9.17) is 10.5 Å². The average molecular weight is 308 g/mol. The SMILES string of the molecule is COc1ccc(C=CC(N)=Nc2ccc(C(C)(C)C)cc2)cc1. The van der Waals surface area contributed by atoms with E-state index >= 15 is 0 Å². The summed E-state index contributed by atoms with van der Waals surface area (Å²) in [5, 5.41) is 0. The second kappa shape index (κ2) is 7.14. The molecule has 120 valence electrons. The lowest BCUT2D eigenvalue weighted by Gasteiger charge is -2.18. The Labute approximate surface area is 138 Å². The topological polar surface area (TPSA) is 47.6 Å². The first-order valence-electron chi connectivity index (χ1n) is 7.65. The highest BCUT2D eigenvalue weighted by Crippen LogP contribution is 2.24. The molecule has 0 aliphatic heterocycles. The standard InChI is InChI=1S/C20H24N2O/c1-20(2,3)16-8-10-17(11-9-16)22-19(21)14-7-15-5-12-18(23-4)13-6-15/h5-14H,1-4H3,(H2,21,22). The monoisotopic (exact) mass is 308 g/mol. The van der Waals surface area contributed by atoms with Gasteiger partial charge >= 0.3 is 0 Å². The third-order valence-electron chi connectivity index (χ3n) is 3.55. The van der Waals surface area contributed by atoms with Gasteiger partial charge in [-0.1, -0.05) is 51.1 Å². The fourth-order valence-electron chi connectivity index (χ4n) is 2.12. The Kier molecular flexibility index (Phi) is 5.22. The van der Waals surface area contributed by atoms with Crippen molar-refractivity contribution in [2.45, 2.75) is 26.2 Å². The molecule has 0 amide bonds. The summed E-state index contributed by atoms with van der Waals surface area (Å²) >= 11 is 0. The summed E-state index contributed by atoms with van der Waals surface area (Å²) in [6.45, 7) is 6.58. The van der Waals surface area contributed by atoms with Crippen LogP contribution in [-0.4, -0.2) is 12.9 Å². The molecule has 0 aliphatic carbocycles. The maximum Gasteiger partial charge on any atom is 0.124 e. The summed E-state index contributed by atoms with van der Waals surface area (Å²) in [5.74, 6) is 1.31. The third-order valence-corrected chi connectivity index (χ3v) is 3.55. The maximum atomic E-state index is 5.97. The van der Waals surface area contributed by atoms with Gasteiger partial charge in [-0.2, -0.15) is 0 Å². The van der Waals surface area contributed by atoms with E-state index in [1.54, 1.807) is 13.2 Å². The Bertz CT molecular complexity index is 690. The molecular weight excluding hydrogens is 284 g/mol. The lowest BCUT2D eigenvalue weighted by atomic mass is 9.87. The second-order valence-corrected chi connectivity index (χ2v) is 6.44. The van der Waals surface area contributed by atoms with Crippen molar-refractivity contribution in [1.82, 2.24) is 0 Å². The van der Waals surface area contributed by atoms with E-state index in [2.05, 4.69) is 37.9 Å². The zero-order chi connectivity index (χ0) is 16.9. The lowest BCUT2D eigenvalue weighted by Crippen LogP contribution is -2.10. The van der Waals surface area contributed by atoms with Crippen molar-refractivity contribution in [1.29, 1.82) is 0 Å². The molecule has 0 bridgehead atoms. The minimum absolute atomic E-state index is 0.141. The lowest BCUT2D eigenvalue weighted by molar-refractivity contribution is 0.415. The molecule has 3 heteroatoms. The van der Waals surface area contributed by atoms with Gasteiger partial charge < -0.3 is 10.5 Å². The molecule has 0 unspecified atom stereocenters. The summed E-state index contributed by atoms with van der Waals surface area (Å²) in [6.07, 6.45) is 3.74. The van der Waals surface area contributed by atoms with Crippen LogP contribution < -0.4 is 10.5 Å². The smallest absolute Gasteiger partial charge is 0.124 e. The molecule has 0 radical (unpaired) electrons. The predicted molar refractivity (Wildman–Crippen MR) is 98.5 cm³/mol. The van der Waals surface area contributed by atoms with Crippen molar-refractivity contribution in [2.24, 2.45) is 10.7 Å². The third kappa shape index (κ3) is 4.99. The number of nitrogens with zero attached hydrogens (tertiary/aromatic N) is 1. The van der Waals surface area contributed by atoms with E-state index in [0.29, 0.717) is 5.84 Å². The molecule has 0 heterocycles. The Hall–Kier alpha value is -2.55. The number of rotatable bonds is 4. The highest BCUT2D eigenvalue weighted by atomic mass is 16.5. The molecule has 3 nitrogen and oxygen atoms in total. The first-order chi connectivity index (χ1) is 10.9. The predicted octanol–water partition coefficient (Wildman–Crippen LogP) is 4.69. The van der Waals surface area contributed by atoms with Crippen molar-refractivity contribution in [3.8, 4) is 5.75 Å². The number of hydrogen-bond donors (Lipinski definition) is 1.